The molecule has 0 aromatic carbocycles. The third kappa shape index (κ3) is 40.7. The number of allylic oxidation sites excluding steroid dienone is 6. The van der Waals surface area contributed by atoms with Gasteiger partial charge >= 0.3 is 11.9 Å². The second-order valence-corrected chi connectivity index (χ2v) is 17.7. The lowest BCUT2D eigenvalue weighted by atomic mass is 10.1. The molecular formula is C51H93NO7. The molecule has 0 aliphatic carbocycles. The molecule has 0 aromatic rings. The fourth-order valence-electron chi connectivity index (χ4n) is 7.17. The maximum Gasteiger partial charge on any atom is 0.306 e. The quantitative estimate of drug-likeness (QED) is 0.0198. The van der Waals surface area contributed by atoms with Crippen LogP contribution >= 0.6 is 0 Å². The molecule has 8 nitrogen and oxygen atoms in total. The number of unbranched alkanes of at least 4 members (excludes halogenated alkanes) is 25. The van der Waals surface area contributed by atoms with Crippen molar-refractivity contribution in [2.45, 2.75) is 231 Å². The lowest BCUT2D eigenvalue weighted by molar-refractivity contribution is -0.889. The summed E-state index contributed by atoms with van der Waals surface area (Å²) in [5.74, 6) is -1.75. The minimum absolute atomic E-state index is 0.0344. The number of aliphatic carboxylic acids is 1. The first-order valence-corrected chi connectivity index (χ1v) is 24.5. The molecule has 0 amide bonds. The molecule has 0 N–H and O–H groups in total. The lowest BCUT2D eigenvalue weighted by Crippen LogP contribution is -2.55. The number of carbonyl (C=O) groups excluding carboxylic acids is 3. The molecule has 0 aromatic heterocycles. The van der Waals surface area contributed by atoms with Crippen LogP contribution in [0, 0.1) is 0 Å². The maximum atomic E-state index is 12.8. The average Bonchev–Trinajstić information content (AvgIpc) is 3.19. The zero-order valence-corrected chi connectivity index (χ0v) is 39.2. The van der Waals surface area contributed by atoms with Crippen molar-refractivity contribution in [2.24, 2.45) is 0 Å². The number of carboxylic acids is 1. The number of hydrogen-bond donors (Lipinski definition) is 0. The van der Waals surface area contributed by atoms with Crippen molar-refractivity contribution in [1.29, 1.82) is 0 Å². The molecule has 0 bridgehead atoms. The zero-order chi connectivity index (χ0) is 43.5. The van der Waals surface area contributed by atoms with E-state index in [1.165, 1.54) is 128 Å². The molecule has 0 saturated carbocycles. The molecule has 0 saturated heterocycles. The van der Waals surface area contributed by atoms with Gasteiger partial charge < -0.3 is 28.6 Å². The van der Waals surface area contributed by atoms with Gasteiger partial charge in [-0.1, -0.05) is 172 Å². The first kappa shape index (κ1) is 56.5. The van der Waals surface area contributed by atoms with E-state index in [0.717, 1.165) is 57.8 Å². The van der Waals surface area contributed by atoms with Gasteiger partial charge in [0, 0.05) is 19.3 Å². The number of carbonyl (C=O) groups is 3. The highest BCUT2D eigenvalue weighted by atomic mass is 16.6. The number of likely N-dealkylation sites (N-methyl/N-ethyl adjacent to an activating group) is 1. The highest BCUT2D eigenvalue weighted by Gasteiger charge is 2.25. The van der Waals surface area contributed by atoms with E-state index in [1.807, 2.05) is 0 Å². The first-order chi connectivity index (χ1) is 28.6. The number of rotatable bonds is 44. The van der Waals surface area contributed by atoms with Crippen molar-refractivity contribution in [2.75, 3.05) is 41.0 Å². The Kier molecular flexibility index (Phi) is 40.5. The normalized spacial score (nSPS) is 13.2. The van der Waals surface area contributed by atoms with Crippen molar-refractivity contribution < 1.29 is 38.2 Å². The van der Waals surface area contributed by atoms with Crippen LogP contribution in [0.15, 0.2) is 36.5 Å². The van der Waals surface area contributed by atoms with Crippen molar-refractivity contribution >= 4 is 17.9 Å². The number of nitrogens with zero attached hydrogens (tertiary/aromatic N) is 1. The summed E-state index contributed by atoms with van der Waals surface area (Å²) in [5.41, 5.74) is 0. The Bertz CT molecular complexity index is 1060. The largest absolute Gasteiger partial charge is 0.544 e. The molecule has 0 radical (unpaired) electrons. The van der Waals surface area contributed by atoms with E-state index in [4.69, 9.17) is 14.2 Å². The molecule has 2 unspecified atom stereocenters. The number of hydrogen-bond acceptors (Lipinski definition) is 7. The summed E-state index contributed by atoms with van der Waals surface area (Å²) in [4.78, 5) is 37.0. The summed E-state index contributed by atoms with van der Waals surface area (Å²) in [7, 11) is 5.41. The van der Waals surface area contributed by atoms with Crippen molar-refractivity contribution in [3.63, 3.8) is 0 Å². The fraction of sp³-hybridized carbons (Fsp3) is 0.824. The molecule has 344 valence electrons. The summed E-state index contributed by atoms with van der Waals surface area (Å²) in [6, 6.07) is -0.729. The van der Waals surface area contributed by atoms with Gasteiger partial charge in [-0.15, -0.1) is 0 Å². The second kappa shape index (κ2) is 42.2. The van der Waals surface area contributed by atoms with Crippen molar-refractivity contribution in [3.8, 4) is 0 Å². The molecule has 59 heavy (non-hydrogen) atoms. The van der Waals surface area contributed by atoms with Crippen LogP contribution in [0.3, 0.4) is 0 Å². The minimum Gasteiger partial charge on any atom is -0.544 e. The summed E-state index contributed by atoms with van der Waals surface area (Å²) < 4.78 is 17.2. The van der Waals surface area contributed by atoms with Gasteiger partial charge in [-0.05, 0) is 64.2 Å². The topological polar surface area (TPSA) is 102 Å². The summed E-state index contributed by atoms with van der Waals surface area (Å²) in [6.45, 7) is 4.65. The molecule has 0 heterocycles. The van der Waals surface area contributed by atoms with E-state index in [1.54, 1.807) is 21.1 Å². The molecule has 0 aliphatic heterocycles. The summed E-state index contributed by atoms with van der Waals surface area (Å²) in [5, 5.41) is 11.6. The van der Waals surface area contributed by atoms with Crippen LogP contribution < -0.4 is 5.11 Å². The van der Waals surface area contributed by atoms with Gasteiger partial charge in [-0.3, -0.25) is 9.59 Å². The predicted molar refractivity (Wildman–Crippen MR) is 245 cm³/mol. The maximum absolute atomic E-state index is 12.8. The predicted octanol–water partition coefficient (Wildman–Crippen LogP) is 12.5. The van der Waals surface area contributed by atoms with E-state index in [-0.39, 0.29) is 42.7 Å². The minimum atomic E-state index is -1.13. The van der Waals surface area contributed by atoms with Crippen LogP contribution in [-0.4, -0.2) is 75.5 Å². The number of carboxylic acid groups (broad SMARTS) is 1. The summed E-state index contributed by atoms with van der Waals surface area (Å²) in [6.07, 6.45) is 48.8. The van der Waals surface area contributed by atoms with Crippen LogP contribution in [0.4, 0.5) is 0 Å². The van der Waals surface area contributed by atoms with Gasteiger partial charge in [0.25, 0.3) is 0 Å². The third-order valence-electron chi connectivity index (χ3n) is 11.0. The Balaban J connectivity index is 4.32. The molecule has 0 spiro atoms. The van der Waals surface area contributed by atoms with E-state index in [9.17, 15) is 19.5 Å². The van der Waals surface area contributed by atoms with Crippen molar-refractivity contribution in [3.05, 3.63) is 36.5 Å². The molecule has 2 atom stereocenters. The fourth-order valence-corrected chi connectivity index (χ4v) is 7.17. The smallest absolute Gasteiger partial charge is 0.306 e. The molecular weight excluding hydrogens is 739 g/mol. The highest BCUT2D eigenvalue weighted by molar-refractivity contribution is 5.70. The van der Waals surface area contributed by atoms with Crippen LogP contribution in [0.2, 0.25) is 0 Å². The number of ether oxygens (including phenoxy) is 3. The van der Waals surface area contributed by atoms with Crippen LogP contribution in [-0.2, 0) is 28.6 Å². The van der Waals surface area contributed by atoms with Gasteiger partial charge in [-0.2, -0.15) is 0 Å². The summed E-state index contributed by atoms with van der Waals surface area (Å²) >= 11 is 0. The van der Waals surface area contributed by atoms with Gasteiger partial charge in [0.05, 0.1) is 40.3 Å². The number of quaternary nitrogens is 1. The third-order valence-corrected chi connectivity index (χ3v) is 11.0. The molecule has 8 heteroatoms. The van der Waals surface area contributed by atoms with Gasteiger partial charge in [-0.25, -0.2) is 0 Å². The average molecular weight is 832 g/mol. The Morgan fingerprint density at radius 3 is 1.32 bits per heavy atom. The molecule has 0 aliphatic rings. The lowest BCUT2D eigenvalue weighted by Gasteiger charge is -2.34. The van der Waals surface area contributed by atoms with Crippen molar-refractivity contribution in [1.82, 2.24) is 0 Å². The van der Waals surface area contributed by atoms with E-state index < -0.39 is 18.1 Å². The van der Waals surface area contributed by atoms with Crippen LogP contribution in [0.25, 0.3) is 0 Å². The molecule has 0 fully saturated rings. The van der Waals surface area contributed by atoms with E-state index >= 15 is 0 Å². The Morgan fingerprint density at radius 2 is 0.898 bits per heavy atom. The Hall–Kier alpha value is -2.45. The van der Waals surface area contributed by atoms with Gasteiger partial charge in [0.2, 0.25) is 0 Å². The zero-order valence-electron chi connectivity index (χ0n) is 39.2. The van der Waals surface area contributed by atoms with E-state index in [0.29, 0.717) is 12.8 Å². The number of esters is 2. The first-order valence-electron chi connectivity index (χ1n) is 24.5. The monoisotopic (exact) mass is 832 g/mol. The van der Waals surface area contributed by atoms with Crippen LogP contribution in [0.5, 0.6) is 0 Å². The van der Waals surface area contributed by atoms with Gasteiger partial charge in [0.1, 0.15) is 12.6 Å². The van der Waals surface area contributed by atoms with Gasteiger partial charge in [0.15, 0.2) is 6.10 Å². The Morgan fingerprint density at radius 1 is 0.508 bits per heavy atom. The second-order valence-electron chi connectivity index (χ2n) is 17.7. The Labute approximate surface area is 364 Å². The SMILES string of the molecule is CCCCCCCC/C=C/CCCCCCCCCC(=O)OCC(COCCC(C(=O)[O-])[N+](C)(C)C)OC(=O)CCCCCCC/C=C/C=C/CCCCCCCCC. The standard InChI is InChI=1S/C51H93NO7/c1-6-8-10-12-14-16-18-20-22-24-26-28-30-32-34-36-38-40-42-50(54)59-47(45-57-44-43-48(51(55)56)52(3,4)5)46-58-49(53)41-39-37-35-33-31-29-27-25-23-21-19-17-15-13-11-9-7-2/h21-24,26,28,47-48H,6-20,25,27,29-46H2,1-5H3/b23-21+,24-22+,28-26+. The van der Waals surface area contributed by atoms with Crippen LogP contribution in [0.1, 0.15) is 219 Å². The highest BCUT2D eigenvalue weighted by Crippen LogP contribution is 2.14. The van der Waals surface area contributed by atoms with E-state index in [2.05, 4.69) is 50.3 Å². The molecule has 0 rings (SSSR count).